The summed E-state index contributed by atoms with van der Waals surface area (Å²) >= 11 is 1.32. The van der Waals surface area contributed by atoms with Crippen molar-refractivity contribution in [2.24, 2.45) is 0 Å². The summed E-state index contributed by atoms with van der Waals surface area (Å²) in [5.74, 6) is 0.0403. The zero-order valence-electron chi connectivity index (χ0n) is 5.47. The van der Waals surface area contributed by atoms with Crippen molar-refractivity contribution >= 4 is 17.1 Å². The molecular formula is C6H6OS. The molecule has 0 spiro atoms. The van der Waals surface area contributed by atoms with Crippen LogP contribution in [0.15, 0.2) is 17.5 Å². The van der Waals surface area contributed by atoms with Crippen molar-refractivity contribution in [1.82, 2.24) is 0 Å². The van der Waals surface area contributed by atoms with E-state index in [1.165, 1.54) is 18.3 Å². The Morgan fingerprint density at radius 1 is 2.00 bits per heavy atom. The molecule has 0 saturated heterocycles. The first-order valence-electron chi connectivity index (χ1n) is 2.76. The Morgan fingerprint density at radius 2 is 2.75 bits per heavy atom. The monoisotopic (exact) mass is 127 g/mol. The standard InChI is InChI=1S/C6H6OS/c1-5(7)6-3-2-4-8-6/h2-4H,1H3/i2D. The minimum Gasteiger partial charge on any atom is -0.294 e. The third-order valence-corrected chi connectivity index (χ3v) is 1.73. The summed E-state index contributed by atoms with van der Waals surface area (Å²) in [6.45, 7) is 1.51. The van der Waals surface area contributed by atoms with Crippen LogP contribution in [0.1, 0.15) is 18.0 Å². The molecule has 1 aromatic heterocycles. The summed E-state index contributed by atoms with van der Waals surface area (Å²) in [5, 5.41) is 1.65. The van der Waals surface area contributed by atoms with Crippen LogP contribution in [-0.2, 0) is 0 Å². The second kappa shape index (κ2) is 2.09. The average Bonchev–Trinajstić information content (AvgIpc) is 2.14. The topological polar surface area (TPSA) is 17.1 Å². The highest BCUT2D eigenvalue weighted by molar-refractivity contribution is 7.12. The predicted molar refractivity (Wildman–Crippen MR) is 34.3 cm³/mol. The minimum atomic E-state index is 0.0403. The van der Waals surface area contributed by atoms with Crippen molar-refractivity contribution in [2.75, 3.05) is 0 Å². The van der Waals surface area contributed by atoms with Crippen LogP contribution in [0, 0.1) is 0 Å². The van der Waals surface area contributed by atoms with E-state index in [1.807, 2.05) is 0 Å². The Hall–Kier alpha value is -0.630. The fourth-order valence-electron chi connectivity index (χ4n) is 0.426. The molecule has 0 aliphatic rings. The molecule has 0 radical (unpaired) electrons. The number of hydrogen-bond donors (Lipinski definition) is 0. The molecule has 0 aliphatic carbocycles. The smallest absolute Gasteiger partial charge is 0.169 e. The van der Waals surface area contributed by atoms with Gasteiger partial charge in [0.2, 0.25) is 0 Å². The SMILES string of the molecule is [2H]c1csc(C(C)=O)c1. The Balaban J connectivity index is 2.98. The Morgan fingerprint density at radius 3 is 3.00 bits per heavy atom. The zero-order chi connectivity index (χ0) is 6.85. The summed E-state index contributed by atoms with van der Waals surface area (Å²) in [6, 6.07) is 2.00. The quantitative estimate of drug-likeness (QED) is 0.527. The molecule has 0 N–H and O–H groups in total. The molecule has 42 valence electrons. The summed E-state index contributed by atoms with van der Waals surface area (Å²) < 4.78 is 7.07. The van der Waals surface area contributed by atoms with E-state index in [-0.39, 0.29) is 5.78 Å². The van der Waals surface area contributed by atoms with E-state index >= 15 is 0 Å². The molecule has 1 heterocycles. The molecular weight excluding hydrogens is 120 g/mol. The van der Waals surface area contributed by atoms with Crippen LogP contribution in [0.4, 0.5) is 0 Å². The number of thiophene rings is 1. The summed E-state index contributed by atoms with van der Waals surface area (Å²) in [5.41, 5.74) is 0. The highest BCUT2D eigenvalue weighted by Gasteiger charge is 1.95. The first-order chi connectivity index (χ1) is 4.20. The third-order valence-electron chi connectivity index (χ3n) is 0.815. The van der Waals surface area contributed by atoms with Crippen molar-refractivity contribution in [3.8, 4) is 0 Å². The number of carbonyl (C=O) groups excluding carboxylic acids is 1. The summed E-state index contributed by atoms with van der Waals surface area (Å²) in [7, 11) is 0. The number of ketones is 1. The molecule has 0 atom stereocenters. The van der Waals surface area contributed by atoms with Crippen LogP contribution in [0.3, 0.4) is 0 Å². The van der Waals surface area contributed by atoms with Gasteiger partial charge in [-0.05, 0) is 18.4 Å². The van der Waals surface area contributed by atoms with Crippen LogP contribution in [0.5, 0.6) is 0 Å². The fourth-order valence-corrected chi connectivity index (χ4v) is 0.991. The van der Waals surface area contributed by atoms with E-state index in [1.54, 1.807) is 11.4 Å². The molecule has 0 aliphatic heterocycles. The van der Waals surface area contributed by atoms with Gasteiger partial charge < -0.3 is 0 Å². The van der Waals surface area contributed by atoms with Gasteiger partial charge in [0, 0.05) is 0 Å². The fraction of sp³-hybridized carbons (Fsp3) is 0.167. The lowest BCUT2D eigenvalue weighted by atomic mass is 10.4. The second-order valence-electron chi connectivity index (χ2n) is 1.47. The normalized spacial score (nSPS) is 10.9. The maximum absolute atomic E-state index is 10.6. The Labute approximate surface area is 53.4 Å². The number of Topliss-reactive ketones (excluding diaryl/α,β-unsaturated/α-hetero) is 1. The lowest BCUT2D eigenvalue weighted by Gasteiger charge is -1.79. The van der Waals surface area contributed by atoms with Gasteiger partial charge in [0.25, 0.3) is 0 Å². The molecule has 1 rings (SSSR count). The van der Waals surface area contributed by atoms with E-state index in [0.717, 1.165) is 0 Å². The molecule has 1 aromatic rings. The van der Waals surface area contributed by atoms with Crippen molar-refractivity contribution < 1.29 is 6.17 Å². The predicted octanol–water partition coefficient (Wildman–Crippen LogP) is 1.95. The summed E-state index contributed by atoms with van der Waals surface area (Å²) in [6.07, 6.45) is 0. The largest absolute Gasteiger partial charge is 0.294 e. The minimum absolute atomic E-state index is 0.0403. The number of hydrogen-bond acceptors (Lipinski definition) is 2. The van der Waals surface area contributed by atoms with E-state index < -0.39 is 0 Å². The third kappa shape index (κ3) is 0.954. The molecule has 0 saturated carbocycles. The maximum Gasteiger partial charge on any atom is 0.169 e. The van der Waals surface area contributed by atoms with E-state index in [9.17, 15) is 4.79 Å². The molecule has 0 fully saturated rings. The maximum atomic E-state index is 10.6. The van der Waals surface area contributed by atoms with Gasteiger partial charge in [0.1, 0.15) is 0 Å². The first kappa shape index (κ1) is 4.27. The molecule has 0 bridgehead atoms. The van der Waals surface area contributed by atoms with Crippen LogP contribution < -0.4 is 0 Å². The van der Waals surface area contributed by atoms with Crippen molar-refractivity contribution in [3.05, 3.63) is 22.4 Å². The molecule has 1 nitrogen and oxygen atoms in total. The number of carbonyl (C=O) groups is 1. The first-order valence-corrected chi connectivity index (χ1v) is 3.14. The highest BCUT2D eigenvalue weighted by Crippen LogP contribution is 2.07. The van der Waals surface area contributed by atoms with Gasteiger partial charge in [-0.1, -0.05) is 6.04 Å². The lowest BCUT2D eigenvalue weighted by Crippen LogP contribution is -1.83. The van der Waals surface area contributed by atoms with Gasteiger partial charge in [-0.25, -0.2) is 0 Å². The van der Waals surface area contributed by atoms with E-state index in [2.05, 4.69) is 0 Å². The van der Waals surface area contributed by atoms with Crippen molar-refractivity contribution in [3.63, 3.8) is 0 Å². The van der Waals surface area contributed by atoms with Gasteiger partial charge in [-0.15, -0.1) is 11.3 Å². The van der Waals surface area contributed by atoms with Crippen LogP contribution >= 0.6 is 11.3 Å². The van der Waals surface area contributed by atoms with E-state index in [4.69, 9.17) is 1.37 Å². The molecule has 8 heavy (non-hydrogen) atoms. The van der Waals surface area contributed by atoms with Gasteiger partial charge in [-0.3, -0.25) is 4.79 Å². The molecule has 0 amide bonds. The zero-order valence-corrected chi connectivity index (χ0v) is 5.29. The van der Waals surface area contributed by atoms with Crippen LogP contribution in [-0.4, -0.2) is 5.78 Å². The molecule has 0 aromatic carbocycles. The Bertz CT molecular complexity index is 229. The van der Waals surface area contributed by atoms with Crippen molar-refractivity contribution in [1.29, 1.82) is 0 Å². The van der Waals surface area contributed by atoms with E-state index in [0.29, 0.717) is 10.9 Å². The van der Waals surface area contributed by atoms with Gasteiger partial charge in [0.05, 0.1) is 6.25 Å². The highest BCUT2D eigenvalue weighted by atomic mass is 32.1. The van der Waals surface area contributed by atoms with Crippen molar-refractivity contribution in [2.45, 2.75) is 6.92 Å². The van der Waals surface area contributed by atoms with Gasteiger partial charge in [-0.2, -0.15) is 0 Å². The Kier molecular flexibility index (Phi) is 1.12. The van der Waals surface area contributed by atoms with Gasteiger partial charge >= 0.3 is 0 Å². The van der Waals surface area contributed by atoms with Crippen LogP contribution in [0.25, 0.3) is 0 Å². The average molecular weight is 127 g/mol. The second-order valence-corrected chi connectivity index (χ2v) is 2.38. The number of rotatable bonds is 1. The lowest BCUT2D eigenvalue weighted by molar-refractivity contribution is 0.102. The summed E-state index contributed by atoms with van der Waals surface area (Å²) in [4.78, 5) is 11.3. The van der Waals surface area contributed by atoms with Gasteiger partial charge in [0.15, 0.2) is 5.78 Å². The van der Waals surface area contributed by atoms with Crippen LogP contribution in [0.2, 0.25) is 0 Å². The molecule has 0 unspecified atom stereocenters. The molecule has 2 heteroatoms.